The fourth-order valence-corrected chi connectivity index (χ4v) is 1.48. The Labute approximate surface area is 109 Å². The zero-order chi connectivity index (χ0) is 14.4. The van der Waals surface area contributed by atoms with Crippen LogP contribution in [0.15, 0.2) is 18.2 Å². The molecule has 1 rings (SSSR count). The Balaban J connectivity index is 2.73. The van der Waals surface area contributed by atoms with Gasteiger partial charge in [-0.3, -0.25) is 14.9 Å². The SMILES string of the molecule is CC(CN)CCC(=O)Nc1cc(F)ccc1[N+](=O)[O-]. The topological polar surface area (TPSA) is 98.3 Å². The van der Waals surface area contributed by atoms with Gasteiger partial charge in [0, 0.05) is 18.6 Å². The lowest BCUT2D eigenvalue weighted by atomic mass is 10.1. The van der Waals surface area contributed by atoms with E-state index in [2.05, 4.69) is 5.32 Å². The summed E-state index contributed by atoms with van der Waals surface area (Å²) in [5, 5.41) is 13.1. The Bertz CT molecular complexity index is 479. The molecule has 3 N–H and O–H groups in total. The number of rotatable bonds is 6. The van der Waals surface area contributed by atoms with Crippen LogP contribution < -0.4 is 11.1 Å². The van der Waals surface area contributed by atoms with Crippen molar-refractivity contribution in [2.45, 2.75) is 19.8 Å². The van der Waals surface area contributed by atoms with Crippen molar-refractivity contribution in [3.63, 3.8) is 0 Å². The lowest BCUT2D eigenvalue weighted by Gasteiger charge is -2.09. The molecule has 0 aliphatic carbocycles. The third-order valence-electron chi connectivity index (χ3n) is 2.70. The molecule has 0 bridgehead atoms. The van der Waals surface area contributed by atoms with Gasteiger partial charge in [0.1, 0.15) is 11.5 Å². The second kappa shape index (κ2) is 6.79. The maximum Gasteiger partial charge on any atom is 0.292 e. The minimum absolute atomic E-state index is 0.129. The minimum Gasteiger partial charge on any atom is -0.330 e. The van der Waals surface area contributed by atoms with Crippen molar-refractivity contribution >= 4 is 17.3 Å². The van der Waals surface area contributed by atoms with Gasteiger partial charge in [-0.2, -0.15) is 0 Å². The summed E-state index contributed by atoms with van der Waals surface area (Å²) in [5.41, 5.74) is 4.96. The maximum atomic E-state index is 13.0. The van der Waals surface area contributed by atoms with Gasteiger partial charge < -0.3 is 11.1 Å². The van der Waals surface area contributed by atoms with Crippen LogP contribution in [0.2, 0.25) is 0 Å². The fourth-order valence-electron chi connectivity index (χ4n) is 1.48. The van der Waals surface area contributed by atoms with Crippen LogP contribution in [0.4, 0.5) is 15.8 Å². The Morgan fingerprint density at radius 3 is 2.84 bits per heavy atom. The summed E-state index contributed by atoms with van der Waals surface area (Å²) in [6.07, 6.45) is 0.761. The van der Waals surface area contributed by atoms with Gasteiger partial charge in [-0.25, -0.2) is 4.39 Å². The van der Waals surface area contributed by atoms with Crippen LogP contribution >= 0.6 is 0 Å². The van der Waals surface area contributed by atoms with Gasteiger partial charge in [0.2, 0.25) is 5.91 Å². The molecule has 0 saturated carbocycles. The Hall–Kier alpha value is -2.02. The second-order valence-corrected chi connectivity index (χ2v) is 4.35. The van der Waals surface area contributed by atoms with Crippen LogP contribution in [-0.4, -0.2) is 17.4 Å². The number of halogens is 1. The standard InChI is InChI=1S/C12H16FN3O3/c1-8(7-14)2-5-12(17)15-10-6-9(13)3-4-11(10)16(18)19/h3-4,6,8H,2,5,7,14H2,1H3,(H,15,17). The second-order valence-electron chi connectivity index (χ2n) is 4.35. The highest BCUT2D eigenvalue weighted by atomic mass is 19.1. The number of amides is 1. The van der Waals surface area contributed by atoms with Crippen molar-refractivity contribution in [3.8, 4) is 0 Å². The molecule has 1 aromatic rings. The summed E-state index contributed by atoms with van der Waals surface area (Å²) in [6.45, 7) is 2.37. The normalized spacial score (nSPS) is 11.9. The lowest BCUT2D eigenvalue weighted by Crippen LogP contribution is -2.17. The van der Waals surface area contributed by atoms with Crippen molar-refractivity contribution in [2.75, 3.05) is 11.9 Å². The van der Waals surface area contributed by atoms with Crippen molar-refractivity contribution in [2.24, 2.45) is 11.7 Å². The highest BCUT2D eigenvalue weighted by Gasteiger charge is 2.16. The molecule has 0 aliphatic rings. The van der Waals surface area contributed by atoms with Crippen molar-refractivity contribution in [1.82, 2.24) is 0 Å². The Morgan fingerprint density at radius 2 is 2.26 bits per heavy atom. The van der Waals surface area contributed by atoms with E-state index in [0.29, 0.717) is 13.0 Å². The van der Waals surface area contributed by atoms with E-state index in [1.165, 1.54) is 0 Å². The highest BCUT2D eigenvalue weighted by molar-refractivity contribution is 5.93. The summed E-state index contributed by atoms with van der Waals surface area (Å²) < 4.78 is 13.0. The van der Waals surface area contributed by atoms with Gasteiger partial charge in [0.05, 0.1) is 4.92 Å². The van der Waals surface area contributed by atoms with E-state index < -0.39 is 16.6 Å². The number of nitrogens with one attached hydrogen (secondary N) is 1. The number of hydrogen-bond acceptors (Lipinski definition) is 4. The number of anilines is 1. The minimum atomic E-state index is -0.669. The molecule has 1 amide bonds. The van der Waals surface area contributed by atoms with Gasteiger partial charge in [-0.05, 0) is 24.9 Å². The highest BCUT2D eigenvalue weighted by Crippen LogP contribution is 2.25. The average Bonchev–Trinajstić information content (AvgIpc) is 2.35. The predicted molar refractivity (Wildman–Crippen MR) is 69.1 cm³/mol. The summed E-state index contributed by atoms with van der Waals surface area (Å²) in [5.74, 6) is -0.849. The third kappa shape index (κ3) is 4.63. The molecule has 0 aliphatic heterocycles. The molecular weight excluding hydrogens is 253 g/mol. The van der Waals surface area contributed by atoms with Crippen LogP contribution in [0.25, 0.3) is 0 Å². The first-order valence-electron chi connectivity index (χ1n) is 5.88. The molecular formula is C12H16FN3O3. The number of nitrogens with zero attached hydrogens (tertiary/aromatic N) is 1. The van der Waals surface area contributed by atoms with Crippen molar-refractivity contribution < 1.29 is 14.1 Å². The molecule has 0 radical (unpaired) electrons. The van der Waals surface area contributed by atoms with Crippen LogP contribution in [0, 0.1) is 21.8 Å². The van der Waals surface area contributed by atoms with E-state index in [0.717, 1.165) is 18.2 Å². The number of hydrogen-bond donors (Lipinski definition) is 2. The van der Waals surface area contributed by atoms with E-state index in [4.69, 9.17) is 5.73 Å². The third-order valence-corrected chi connectivity index (χ3v) is 2.70. The van der Waals surface area contributed by atoms with E-state index >= 15 is 0 Å². The molecule has 1 atom stereocenters. The van der Waals surface area contributed by atoms with Gasteiger partial charge >= 0.3 is 0 Å². The smallest absolute Gasteiger partial charge is 0.292 e. The molecule has 19 heavy (non-hydrogen) atoms. The van der Waals surface area contributed by atoms with Gasteiger partial charge in [0.15, 0.2) is 0 Å². The first-order valence-corrected chi connectivity index (χ1v) is 5.88. The van der Waals surface area contributed by atoms with Crippen LogP contribution in [0.3, 0.4) is 0 Å². The number of benzene rings is 1. The van der Waals surface area contributed by atoms with E-state index in [-0.39, 0.29) is 23.7 Å². The lowest BCUT2D eigenvalue weighted by molar-refractivity contribution is -0.384. The molecule has 1 aromatic carbocycles. The Kier molecular flexibility index (Phi) is 5.37. The summed E-state index contributed by atoms with van der Waals surface area (Å²) in [7, 11) is 0. The summed E-state index contributed by atoms with van der Waals surface area (Å²) in [4.78, 5) is 21.7. The molecule has 6 nitrogen and oxygen atoms in total. The van der Waals surface area contributed by atoms with E-state index in [1.54, 1.807) is 0 Å². The molecule has 0 saturated heterocycles. The van der Waals surface area contributed by atoms with Crippen LogP contribution in [0.5, 0.6) is 0 Å². The first-order chi connectivity index (χ1) is 8.93. The molecule has 7 heteroatoms. The number of nitrogens with two attached hydrogens (primary N) is 1. The zero-order valence-electron chi connectivity index (χ0n) is 10.6. The number of carbonyl (C=O) groups is 1. The molecule has 0 spiro atoms. The molecule has 0 heterocycles. The number of carbonyl (C=O) groups excluding carboxylic acids is 1. The van der Waals surface area contributed by atoms with Gasteiger partial charge in [-0.1, -0.05) is 6.92 Å². The van der Waals surface area contributed by atoms with Gasteiger partial charge in [-0.15, -0.1) is 0 Å². The maximum absolute atomic E-state index is 13.0. The molecule has 0 fully saturated rings. The summed E-state index contributed by atoms with van der Waals surface area (Å²) in [6, 6.07) is 2.93. The molecule has 1 unspecified atom stereocenters. The van der Waals surface area contributed by atoms with Crippen molar-refractivity contribution in [3.05, 3.63) is 34.1 Å². The molecule has 0 aromatic heterocycles. The van der Waals surface area contributed by atoms with Crippen LogP contribution in [0.1, 0.15) is 19.8 Å². The van der Waals surface area contributed by atoms with E-state index in [1.807, 2.05) is 6.92 Å². The zero-order valence-corrected chi connectivity index (χ0v) is 10.6. The monoisotopic (exact) mass is 269 g/mol. The van der Waals surface area contributed by atoms with E-state index in [9.17, 15) is 19.3 Å². The fraction of sp³-hybridized carbons (Fsp3) is 0.417. The number of nitro benzene ring substituents is 1. The first kappa shape index (κ1) is 15.0. The van der Waals surface area contributed by atoms with Crippen molar-refractivity contribution in [1.29, 1.82) is 0 Å². The van der Waals surface area contributed by atoms with Crippen LogP contribution in [-0.2, 0) is 4.79 Å². The van der Waals surface area contributed by atoms with Gasteiger partial charge in [0.25, 0.3) is 5.69 Å². The average molecular weight is 269 g/mol. The molecule has 104 valence electrons. The quantitative estimate of drug-likeness (QED) is 0.610. The Morgan fingerprint density at radius 1 is 1.58 bits per heavy atom. The largest absolute Gasteiger partial charge is 0.330 e. The predicted octanol–water partition coefficient (Wildman–Crippen LogP) is 2.05. The summed E-state index contributed by atoms with van der Waals surface area (Å²) >= 11 is 0. The number of nitro groups is 1.